The molecule has 2 heterocycles. The third kappa shape index (κ3) is 4.88. The van der Waals surface area contributed by atoms with E-state index in [1.165, 1.54) is 6.26 Å². The maximum absolute atomic E-state index is 13.0. The van der Waals surface area contributed by atoms with Crippen LogP contribution in [-0.4, -0.2) is 63.0 Å². The van der Waals surface area contributed by atoms with E-state index in [0.29, 0.717) is 56.4 Å². The summed E-state index contributed by atoms with van der Waals surface area (Å²) < 4.78 is 30.6. The van der Waals surface area contributed by atoms with Gasteiger partial charge in [0.05, 0.1) is 24.9 Å². The van der Waals surface area contributed by atoms with E-state index < -0.39 is 14.6 Å². The number of sulfone groups is 1. The molecule has 2 fully saturated rings. The van der Waals surface area contributed by atoms with Crippen molar-refractivity contribution in [3.05, 3.63) is 36.0 Å². The Labute approximate surface area is 201 Å². The third-order valence-corrected chi connectivity index (χ3v) is 8.74. The lowest BCUT2D eigenvalue weighted by molar-refractivity contribution is 0.0985. The molecule has 1 saturated heterocycles. The fourth-order valence-electron chi connectivity index (χ4n) is 4.81. The number of amides is 2. The van der Waals surface area contributed by atoms with Crippen molar-refractivity contribution in [1.29, 1.82) is 0 Å². The largest absolute Gasteiger partial charge is 0.377 e. The van der Waals surface area contributed by atoms with Gasteiger partial charge in [0.1, 0.15) is 10.6 Å². The first kappa shape index (κ1) is 24.4. The van der Waals surface area contributed by atoms with Crippen LogP contribution in [0.5, 0.6) is 0 Å². The fourth-order valence-corrected chi connectivity index (χ4v) is 6.33. The molecule has 1 saturated carbocycles. The molecule has 1 aliphatic carbocycles. The van der Waals surface area contributed by atoms with Gasteiger partial charge >= 0.3 is 6.03 Å². The second-order valence-corrected chi connectivity index (χ2v) is 11.4. The minimum Gasteiger partial charge on any atom is -0.377 e. The number of carbonyl (C=O) groups is 1. The highest BCUT2D eigenvalue weighted by Gasteiger charge is 2.47. The van der Waals surface area contributed by atoms with Crippen molar-refractivity contribution < 1.29 is 17.9 Å². The van der Waals surface area contributed by atoms with Crippen LogP contribution in [0.2, 0.25) is 0 Å². The smallest absolute Gasteiger partial charge is 0.319 e. The van der Waals surface area contributed by atoms with E-state index >= 15 is 0 Å². The molecule has 0 unspecified atom stereocenters. The topological polar surface area (TPSA) is 114 Å². The van der Waals surface area contributed by atoms with E-state index in [9.17, 15) is 13.2 Å². The van der Waals surface area contributed by atoms with Gasteiger partial charge in [-0.3, -0.25) is 0 Å². The van der Waals surface area contributed by atoms with Gasteiger partial charge in [-0.2, -0.15) is 0 Å². The zero-order valence-electron chi connectivity index (χ0n) is 20.0. The van der Waals surface area contributed by atoms with Gasteiger partial charge in [0, 0.05) is 36.7 Å². The van der Waals surface area contributed by atoms with Gasteiger partial charge in [-0.15, -0.1) is 0 Å². The Hall–Kier alpha value is -2.72. The Balaban J connectivity index is 1.77. The van der Waals surface area contributed by atoms with Crippen molar-refractivity contribution in [2.45, 2.75) is 50.3 Å². The van der Waals surface area contributed by atoms with Crippen LogP contribution in [0, 0.1) is 0 Å². The summed E-state index contributed by atoms with van der Waals surface area (Å²) in [4.78, 5) is 23.6. The van der Waals surface area contributed by atoms with Gasteiger partial charge in [-0.05, 0) is 51.0 Å². The van der Waals surface area contributed by atoms with Crippen LogP contribution in [-0.2, 0) is 19.3 Å². The van der Waals surface area contributed by atoms with Gasteiger partial charge in [-0.1, -0.05) is 12.8 Å². The lowest BCUT2D eigenvalue weighted by Gasteiger charge is -2.35. The summed E-state index contributed by atoms with van der Waals surface area (Å²) in [6, 6.07) is 8.98. The maximum atomic E-state index is 13.0. The second kappa shape index (κ2) is 9.87. The number of hydrogen-bond donors (Lipinski definition) is 2. The fraction of sp³-hybridized carbons (Fsp3) is 0.542. The van der Waals surface area contributed by atoms with E-state index in [0.717, 1.165) is 24.2 Å². The molecule has 0 bridgehead atoms. The lowest BCUT2D eigenvalue weighted by atomic mass is 10.0. The molecule has 2 aliphatic rings. The molecule has 1 atom stereocenters. The molecule has 34 heavy (non-hydrogen) atoms. The number of carbonyl (C=O) groups excluding carboxylic acids is 1. The first-order valence-corrected chi connectivity index (χ1v) is 13.7. The predicted molar refractivity (Wildman–Crippen MR) is 133 cm³/mol. The van der Waals surface area contributed by atoms with E-state index in [2.05, 4.69) is 22.5 Å². The molecule has 1 aliphatic heterocycles. The van der Waals surface area contributed by atoms with Crippen LogP contribution >= 0.6 is 0 Å². The average Bonchev–Trinajstić information content (AvgIpc) is 3.31. The molecule has 184 valence electrons. The maximum Gasteiger partial charge on any atom is 0.319 e. The summed E-state index contributed by atoms with van der Waals surface area (Å²) >= 11 is 0. The van der Waals surface area contributed by atoms with Crippen LogP contribution in [0.25, 0.3) is 11.4 Å². The number of aromatic nitrogens is 2. The van der Waals surface area contributed by atoms with Gasteiger partial charge in [0.2, 0.25) is 0 Å². The summed E-state index contributed by atoms with van der Waals surface area (Å²) in [7, 11) is -3.39. The molecule has 4 rings (SSSR count). The normalized spacial score (nSPS) is 20.2. The van der Waals surface area contributed by atoms with Crippen molar-refractivity contribution in [2.24, 2.45) is 0 Å². The molecule has 9 nitrogen and oxygen atoms in total. The number of morpholine rings is 1. The number of ether oxygens (including phenoxy) is 1. The predicted octanol–water partition coefficient (Wildman–Crippen LogP) is 3.32. The minimum atomic E-state index is -3.39. The molecule has 10 heteroatoms. The van der Waals surface area contributed by atoms with Crippen molar-refractivity contribution in [3.8, 4) is 11.4 Å². The number of nitrogens with zero attached hydrogens (tertiary/aromatic N) is 3. The summed E-state index contributed by atoms with van der Waals surface area (Å²) in [5.74, 6) is 1.20. The SMILES string of the molecule is CCNC(=O)Nc1ccc(-c2nc(N3CCOC[C@@H]3C)cc(C3(S(C)(=O)=O)CCCC3)n2)cc1. The Bertz CT molecular complexity index is 1130. The first-order valence-electron chi connectivity index (χ1n) is 11.8. The Kier molecular flexibility index (Phi) is 7.09. The van der Waals surface area contributed by atoms with Crippen molar-refractivity contribution in [3.63, 3.8) is 0 Å². The summed E-state index contributed by atoms with van der Waals surface area (Å²) in [5, 5.41) is 5.48. The van der Waals surface area contributed by atoms with E-state index in [-0.39, 0.29) is 12.1 Å². The number of rotatable bonds is 6. The van der Waals surface area contributed by atoms with Crippen LogP contribution in [0.4, 0.5) is 16.3 Å². The van der Waals surface area contributed by atoms with Crippen LogP contribution in [0.1, 0.15) is 45.2 Å². The summed E-state index contributed by atoms with van der Waals surface area (Å²) in [5.41, 5.74) is 1.97. The zero-order chi connectivity index (χ0) is 24.3. The van der Waals surface area contributed by atoms with E-state index in [1.807, 2.05) is 25.1 Å². The standard InChI is InChI=1S/C24H33N5O4S/c1-4-25-23(30)26-19-9-7-18(8-10-19)22-27-20(24(34(3,31)32)11-5-6-12-24)15-21(28-22)29-13-14-33-16-17(29)2/h7-10,15,17H,4-6,11-14,16H2,1-3H3,(H2,25,26,30)/t17-/m0/s1. The highest BCUT2D eigenvalue weighted by Crippen LogP contribution is 2.45. The Morgan fingerprint density at radius 2 is 1.91 bits per heavy atom. The van der Waals surface area contributed by atoms with Gasteiger partial charge in [0.15, 0.2) is 15.7 Å². The first-order chi connectivity index (χ1) is 16.2. The Morgan fingerprint density at radius 3 is 2.53 bits per heavy atom. The summed E-state index contributed by atoms with van der Waals surface area (Å²) in [6.45, 7) is 6.33. The average molecular weight is 488 g/mol. The molecular weight excluding hydrogens is 454 g/mol. The number of urea groups is 1. The van der Waals surface area contributed by atoms with Crippen LogP contribution in [0.15, 0.2) is 30.3 Å². The zero-order valence-corrected chi connectivity index (χ0v) is 20.8. The molecule has 2 N–H and O–H groups in total. The molecule has 1 aromatic heterocycles. The molecular formula is C24H33N5O4S. The third-order valence-electron chi connectivity index (χ3n) is 6.70. The number of nitrogens with one attached hydrogen (secondary N) is 2. The molecule has 0 radical (unpaired) electrons. The van der Waals surface area contributed by atoms with E-state index in [4.69, 9.17) is 14.7 Å². The molecule has 1 aromatic carbocycles. The van der Waals surface area contributed by atoms with Crippen molar-refractivity contribution >= 4 is 27.4 Å². The quantitative estimate of drug-likeness (QED) is 0.642. The highest BCUT2D eigenvalue weighted by atomic mass is 32.2. The molecule has 2 amide bonds. The van der Waals surface area contributed by atoms with Crippen molar-refractivity contribution in [1.82, 2.24) is 15.3 Å². The van der Waals surface area contributed by atoms with E-state index in [1.54, 1.807) is 12.1 Å². The van der Waals surface area contributed by atoms with Gasteiger partial charge in [0.25, 0.3) is 0 Å². The van der Waals surface area contributed by atoms with Gasteiger partial charge in [-0.25, -0.2) is 23.2 Å². The van der Waals surface area contributed by atoms with Crippen LogP contribution < -0.4 is 15.5 Å². The monoisotopic (exact) mass is 487 g/mol. The number of benzene rings is 1. The molecule has 2 aromatic rings. The van der Waals surface area contributed by atoms with Crippen LogP contribution in [0.3, 0.4) is 0 Å². The number of anilines is 2. The Morgan fingerprint density at radius 1 is 1.21 bits per heavy atom. The summed E-state index contributed by atoms with van der Waals surface area (Å²) in [6.07, 6.45) is 4.16. The minimum absolute atomic E-state index is 0.116. The van der Waals surface area contributed by atoms with Crippen molar-refractivity contribution in [2.75, 3.05) is 42.8 Å². The second-order valence-electron chi connectivity index (χ2n) is 9.09. The lowest BCUT2D eigenvalue weighted by Crippen LogP contribution is -2.44. The van der Waals surface area contributed by atoms with Gasteiger partial charge < -0.3 is 20.3 Å². The molecule has 0 spiro atoms. The highest BCUT2D eigenvalue weighted by molar-refractivity contribution is 7.91. The number of hydrogen-bond acceptors (Lipinski definition) is 7.